The highest BCUT2D eigenvalue weighted by atomic mass is 16.5. The Balaban J connectivity index is 1.71. The monoisotopic (exact) mass is 420 g/mol. The van der Waals surface area contributed by atoms with Crippen LogP contribution in [-0.2, 0) is 16.1 Å². The molecule has 158 valence electrons. The minimum Gasteiger partial charge on any atom is -0.489 e. The lowest BCUT2D eigenvalue weighted by atomic mass is 10.1. The van der Waals surface area contributed by atoms with Crippen LogP contribution in [0.15, 0.2) is 72.8 Å². The smallest absolute Gasteiger partial charge is 0.343 e. The number of rotatable bonds is 7. The van der Waals surface area contributed by atoms with Gasteiger partial charge in [-0.2, -0.15) is 0 Å². The molecule has 0 saturated heterocycles. The van der Waals surface area contributed by atoms with Crippen LogP contribution >= 0.6 is 0 Å². The molecule has 0 bridgehead atoms. The van der Waals surface area contributed by atoms with Gasteiger partial charge in [0, 0.05) is 0 Å². The second kappa shape index (κ2) is 10.1. The van der Waals surface area contributed by atoms with Crippen LogP contribution in [0.5, 0.6) is 11.5 Å². The van der Waals surface area contributed by atoms with Gasteiger partial charge in [0.1, 0.15) is 18.1 Å². The Morgan fingerprint density at radius 1 is 0.645 bits per heavy atom. The highest BCUT2D eigenvalue weighted by Crippen LogP contribution is 2.21. The van der Waals surface area contributed by atoms with E-state index in [2.05, 4.69) is 9.47 Å². The first-order chi connectivity index (χ1) is 15.0. The highest BCUT2D eigenvalue weighted by molar-refractivity contribution is 5.97. The van der Waals surface area contributed by atoms with Crippen molar-refractivity contribution in [3.05, 3.63) is 95.1 Å². The average Bonchev–Trinajstić information content (AvgIpc) is 2.82. The SMILES string of the molecule is COC(=O)c1cc(OC(=O)c2ccc(OCc3ccccc3)cc2)cc(C(=O)OC)c1. The standard InChI is InChI=1S/C24H20O7/c1-28-22(25)18-12-19(23(26)29-2)14-21(13-18)31-24(27)17-8-10-20(11-9-17)30-15-16-6-4-3-5-7-16/h3-14H,15H2,1-2H3. The molecule has 7 nitrogen and oxygen atoms in total. The molecule has 3 aromatic rings. The molecule has 0 aliphatic carbocycles. The van der Waals surface area contributed by atoms with E-state index in [9.17, 15) is 14.4 Å². The first-order valence-corrected chi connectivity index (χ1v) is 9.31. The number of methoxy groups -OCH3 is 2. The molecule has 3 rings (SSSR count). The van der Waals surface area contributed by atoms with Gasteiger partial charge in [-0.15, -0.1) is 0 Å². The summed E-state index contributed by atoms with van der Waals surface area (Å²) >= 11 is 0. The number of carbonyl (C=O) groups excluding carboxylic acids is 3. The van der Waals surface area contributed by atoms with Crippen molar-refractivity contribution in [2.45, 2.75) is 6.61 Å². The van der Waals surface area contributed by atoms with Crippen molar-refractivity contribution in [2.75, 3.05) is 14.2 Å². The van der Waals surface area contributed by atoms with Crippen molar-refractivity contribution in [1.29, 1.82) is 0 Å². The summed E-state index contributed by atoms with van der Waals surface area (Å²) in [5.74, 6) is -1.41. The van der Waals surface area contributed by atoms with Gasteiger partial charge in [0.25, 0.3) is 0 Å². The predicted octanol–water partition coefficient (Wildman–Crippen LogP) is 4.06. The van der Waals surface area contributed by atoms with Crippen molar-refractivity contribution in [3.63, 3.8) is 0 Å². The van der Waals surface area contributed by atoms with E-state index in [1.165, 1.54) is 32.4 Å². The van der Waals surface area contributed by atoms with Crippen LogP contribution < -0.4 is 9.47 Å². The topological polar surface area (TPSA) is 88.1 Å². The zero-order chi connectivity index (χ0) is 22.2. The Labute approximate surface area is 179 Å². The minimum atomic E-state index is -0.678. The number of esters is 3. The van der Waals surface area contributed by atoms with Crippen LogP contribution in [0.25, 0.3) is 0 Å². The van der Waals surface area contributed by atoms with Gasteiger partial charge in [-0.25, -0.2) is 14.4 Å². The van der Waals surface area contributed by atoms with Crippen molar-refractivity contribution in [3.8, 4) is 11.5 Å². The van der Waals surface area contributed by atoms with E-state index in [4.69, 9.17) is 9.47 Å². The van der Waals surface area contributed by atoms with Gasteiger partial charge in [-0.1, -0.05) is 30.3 Å². The maximum absolute atomic E-state index is 12.5. The summed E-state index contributed by atoms with van der Waals surface area (Å²) in [6, 6.07) is 20.1. The zero-order valence-corrected chi connectivity index (χ0v) is 17.0. The fourth-order valence-electron chi connectivity index (χ4n) is 2.72. The summed E-state index contributed by atoms with van der Waals surface area (Å²) in [7, 11) is 2.42. The van der Waals surface area contributed by atoms with Gasteiger partial charge in [0.2, 0.25) is 0 Å². The van der Waals surface area contributed by atoms with Gasteiger partial charge in [-0.05, 0) is 48.0 Å². The van der Waals surface area contributed by atoms with E-state index in [1.54, 1.807) is 24.3 Å². The molecule has 0 heterocycles. The summed E-state index contributed by atoms with van der Waals surface area (Å²) in [5.41, 5.74) is 1.41. The average molecular weight is 420 g/mol. The van der Waals surface area contributed by atoms with Gasteiger partial charge >= 0.3 is 17.9 Å². The second-order valence-corrected chi connectivity index (χ2v) is 6.42. The largest absolute Gasteiger partial charge is 0.489 e. The van der Waals surface area contributed by atoms with E-state index in [0.717, 1.165) is 5.56 Å². The van der Waals surface area contributed by atoms with Crippen LogP contribution in [0.1, 0.15) is 36.6 Å². The molecule has 3 aromatic carbocycles. The lowest BCUT2D eigenvalue weighted by molar-refractivity contribution is 0.0593. The van der Waals surface area contributed by atoms with Crippen molar-refractivity contribution < 1.29 is 33.3 Å². The molecule has 0 aromatic heterocycles. The summed E-state index contributed by atoms with van der Waals surface area (Å²) < 4.78 is 20.4. The van der Waals surface area contributed by atoms with Crippen LogP contribution in [0, 0.1) is 0 Å². The molecule has 31 heavy (non-hydrogen) atoms. The molecule has 0 radical (unpaired) electrons. The van der Waals surface area contributed by atoms with Crippen LogP contribution in [0.4, 0.5) is 0 Å². The third kappa shape index (κ3) is 5.70. The summed E-state index contributed by atoms with van der Waals surface area (Å²) in [6.45, 7) is 0.404. The molecule has 0 atom stereocenters. The maximum atomic E-state index is 12.5. The van der Waals surface area contributed by atoms with E-state index in [-0.39, 0.29) is 22.4 Å². The van der Waals surface area contributed by atoms with Crippen LogP contribution in [0.3, 0.4) is 0 Å². The van der Waals surface area contributed by atoms with E-state index < -0.39 is 17.9 Å². The zero-order valence-electron chi connectivity index (χ0n) is 17.0. The van der Waals surface area contributed by atoms with E-state index in [0.29, 0.717) is 12.4 Å². The van der Waals surface area contributed by atoms with Crippen molar-refractivity contribution >= 4 is 17.9 Å². The van der Waals surface area contributed by atoms with Gasteiger partial charge < -0.3 is 18.9 Å². The Kier molecular flexibility index (Phi) is 7.01. The van der Waals surface area contributed by atoms with E-state index in [1.807, 2.05) is 30.3 Å². The van der Waals surface area contributed by atoms with Crippen molar-refractivity contribution in [1.82, 2.24) is 0 Å². The van der Waals surface area contributed by atoms with Crippen LogP contribution in [-0.4, -0.2) is 32.1 Å². The summed E-state index contributed by atoms with van der Waals surface area (Å²) in [5, 5.41) is 0. The molecular formula is C24H20O7. The number of ether oxygens (including phenoxy) is 4. The number of benzene rings is 3. The number of carbonyl (C=O) groups is 3. The molecule has 0 unspecified atom stereocenters. The Hall–Kier alpha value is -4.13. The third-order valence-electron chi connectivity index (χ3n) is 4.30. The molecule has 0 spiro atoms. The van der Waals surface area contributed by atoms with Gasteiger partial charge in [-0.3, -0.25) is 0 Å². The summed E-state index contributed by atoms with van der Waals surface area (Å²) in [6.07, 6.45) is 0. The molecule has 0 fully saturated rings. The molecule has 0 saturated carbocycles. The van der Waals surface area contributed by atoms with Gasteiger partial charge in [0.05, 0.1) is 30.9 Å². The number of hydrogen-bond acceptors (Lipinski definition) is 7. The molecule has 0 aliphatic heterocycles. The normalized spacial score (nSPS) is 10.1. The van der Waals surface area contributed by atoms with Crippen molar-refractivity contribution in [2.24, 2.45) is 0 Å². The van der Waals surface area contributed by atoms with E-state index >= 15 is 0 Å². The molecular weight excluding hydrogens is 400 g/mol. The highest BCUT2D eigenvalue weighted by Gasteiger charge is 2.17. The van der Waals surface area contributed by atoms with Gasteiger partial charge in [0.15, 0.2) is 0 Å². The predicted molar refractivity (Wildman–Crippen MR) is 111 cm³/mol. The fraction of sp³-hybridized carbons (Fsp3) is 0.125. The molecule has 7 heteroatoms. The quantitative estimate of drug-likeness (QED) is 0.421. The first-order valence-electron chi connectivity index (χ1n) is 9.31. The fourth-order valence-corrected chi connectivity index (χ4v) is 2.72. The lowest BCUT2D eigenvalue weighted by Gasteiger charge is -2.10. The lowest BCUT2D eigenvalue weighted by Crippen LogP contribution is -2.11. The van der Waals surface area contributed by atoms with Crippen LogP contribution in [0.2, 0.25) is 0 Å². The molecule has 0 amide bonds. The Bertz CT molecular complexity index is 1040. The number of hydrogen-bond donors (Lipinski definition) is 0. The summed E-state index contributed by atoms with van der Waals surface area (Å²) in [4.78, 5) is 36.2. The second-order valence-electron chi connectivity index (χ2n) is 6.42. The molecule has 0 N–H and O–H groups in total. The first kappa shape index (κ1) is 21.6. The third-order valence-corrected chi connectivity index (χ3v) is 4.30. The Morgan fingerprint density at radius 3 is 1.77 bits per heavy atom. The Morgan fingerprint density at radius 2 is 1.23 bits per heavy atom. The molecule has 0 aliphatic rings. The minimum absolute atomic E-state index is 0.0118. The maximum Gasteiger partial charge on any atom is 0.343 e.